The van der Waals surface area contributed by atoms with Crippen molar-refractivity contribution in [3.63, 3.8) is 0 Å². The number of esters is 2. The average Bonchev–Trinajstić information content (AvgIpc) is 2.91. The molecule has 1 aromatic rings. The molecule has 0 saturated heterocycles. The van der Waals surface area contributed by atoms with E-state index in [0.29, 0.717) is 21.4 Å². The Labute approximate surface area is 145 Å². The van der Waals surface area contributed by atoms with Crippen molar-refractivity contribution in [2.24, 2.45) is 0 Å². The number of para-hydroxylation sites is 2. The number of hydrogen-bond donors (Lipinski definition) is 0. The van der Waals surface area contributed by atoms with Gasteiger partial charge in [0.2, 0.25) is 0 Å². The minimum atomic E-state index is -0.504. The van der Waals surface area contributed by atoms with Crippen molar-refractivity contribution < 1.29 is 23.8 Å². The highest BCUT2D eigenvalue weighted by atomic mass is 32.2. The van der Waals surface area contributed by atoms with Crippen LogP contribution in [-0.2, 0) is 19.1 Å². The molecule has 0 aliphatic carbocycles. The smallest absolute Gasteiger partial charge is 0.346 e. The van der Waals surface area contributed by atoms with Gasteiger partial charge < -0.3 is 19.1 Å². The topological polar surface area (TPSA) is 65.1 Å². The zero-order chi connectivity index (χ0) is 17.7. The first-order valence-electron chi connectivity index (χ1n) is 7.32. The van der Waals surface area contributed by atoms with Crippen molar-refractivity contribution in [1.29, 1.82) is 0 Å². The molecule has 0 spiro atoms. The Balaban J connectivity index is 2.54. The van der Waals surface area contributed by atoms with Crippen molar-refractivity contribution in [2.75, 3.05) is 25.7 Å². The van der Waals surface area contributed by atoms with Gasteiger partial charge in [0, 0.05) is 5.70 Å². The van der Waals surface area contributed by atoms with Gasteiger partial charge in [-0.05, 0) is 26.0 Å². The molecule has 1 heterocycles. The molecule has 1 aliphatic heterocycles. The molecule has 0 unspecified atom stereocenters. The van der Waals surface area contributed by atoms with Crippen LogP contribution >= 0.6 is 11.8 Å². The third-order valence-corrected chi connectivity index (χ3v) is 4.50. The van der Waals surface area contributed by atoms with E-state index in [1.807, 2.05) is 24.3 Å². The van der Waals surface area contributed by atoms with Crippen LogP contribution in [-0.4, -0.2) is 32.8 Å². The van der Waals surface area contributed by atoms with Gasteiger partial charge >= 0.3 is 11.9 Å². The number of hydrogen-bond acceptors (Lipinski definition) is 7. The highest BCUT2D eigenvalue weighted by Crippen LogP contribution is 2.46. The number of methoxy groups -OCH3 is 2. The van der Waals surface area contributed by atoms with E-state index < -0.39 is 11.9 Å². The van der Waals surface area contributed by atoms with Gasteiger partial charge in [-0.3, -0.25) is 0 Å². The summed E-state index contributed by atoms with van der Waals surface area (Å²) < 4.78 is 15.2. The standard InChI is InChI=1S/C17H19NO5S/c1-5-23-17(20)16-11(2)18(14(24-16)10-15(19)22-4)12-8-6-7-9-13(12)21-3/h6-10H,5H2,1-4H3/b14-10+. The molecular weight excluding hydrogens is 330 g/mol. The number of anilines is 1. The van der Waals surface area contributed by atoms with Gasteiger partial charge in [-0.25, -0.2) is 9.59 Å². The van der Waals surface area contributed by atoms with Crippen LogP contribution in [0.5, 0.6) is 5.75 Å². The quantitative estimate of drug-likeness (QED) is 0.598. The van der Waals surface area contributed by atoms with E-state index in [1.165, 1.54) is 24.9 Å². The van der Waals surface area contributed by atoms with Crippen molar-refractivity contribution in [1.82, 2.24) is 0 Å². The number of thioether (sulfide) groups is 1. The third kappa shape index (κ3) is 3.56. The van der Waals surface area contributed by atoms with E-state index >= 15 is 0 Å². The molecule has 2 rings (SSSR count). The second kappa shape index (κ2) is 7.92. The number of ether oxygens (including phenoxy) is 3. The van der Waals surface area contributed by atoms with Gasteiger partial charge in [0.25, 0.3) is 0 Å². The van der Waals surface area contributed by atoms with Gasteiger partial charge in [-0.15, -0.1) is 0 Å². The molecular formula is C17H19NO5S. The minimum absolute atomic E-state index is 0.279. The number of allylic oxidation sites excluding steroid dienone is 1. The molecule has 0 aromatic heterocycles. The largest absolute Gasteiger partial charge is 0.495 e. The summed E-state index contributed by atoms with van der Waals surface area (Å²) in [6.07, 6.45) is 1.34. The molecule has 0 saturated carbocycles. The lowest BCUT2D eigenvalue weighted by Crippen LogP contribution is -2.17. The first-order chi connectivity index (χ1) is 11.5. The zero-order valence-electron chi connectivity index (χ0n) is 14.0. The summed E-state index contributed by atoms with van der Waals surface area (Å²) in [6.45, 7) is 3.82. The fraction of sp³-hybridized carbons (Fsp3) is 0.294. The third-order valence-electron chi connectivity index (χ3n) is 3.32. The van der Waals surface area contributed by atoms with Crippen LogP contribution < -0.4 is 9.64 Å². The normalized spacial score (nSPS) is 15.7. The summed E-state index contributed by atoms with van der Waals surface area (Å²) in [5.74, 6) is -0.304. The van der Waals surface area contributed by atoms with Crippen LogP contribution in [0.15, 0.2) is 46.0 Å². The van der Waals surface area contributed by atoms with E-state index in [9.17, 15) is 9.59 Å². The molecule has 0 N–H and O–H groups in total. The number of carbonyl (C=O) groups is 2. The molecule has 0 radical (unpaired) electrons. The molecule has 0 bridgehead atoms. The Morgan fingerprint density at radius 3 is 2.58 bits per heavy atom. The molecule has 24 heavy (non-hydrogen) atoms. The summed E-state index contributed by atoms with van der Waals surface area (Å²) >= 11 is 1.17. The van der Waals surface area contributed by atoms with Gasteiger partial charge in [0.1, 0.15) is 10.7 Å². The van der Waals surface area contributed by atoms with E-state index in [1.54, 1.807) is 25.9 Å². The highest BCUT2D eigenvalue weighted by Gasteiger charge is 2.33. The monoisotopic (exact) mass is 349 g/mol. The molecule has 6 nitrogen and oxygen atoms in total. The number of carbonyl (C=O) groups excluding carboxylic acids is 2. The fourth-order valence-corrected chi connectivity index (χ4v) is 3.32. The van der Waals surface area contributed by atoms with Gasteiger partial charge in [-0.1, -0.05) is 23.9 Å². The minimum Gasteiger partial charge on any atom is -0.495 e. The van der Waals surface area contributed by atoms with E-state index in [4.69, 9.17) is 14.2 Å². The maximum atomic E-state index is 12.2. The maximum Gasteiger partial charge on any atom is 0.346 e. The Bertz CT molecular complexity index is 711. The summed E-state index contributed by atoms with van der Waals surface area (Å²) in [7, 11) is 2.87. The zero-order valence-corrected chi connectivity index (χ0v) is 14.8. The predicted molar refractivity (Wildman–Crippen MR) is 92.5 cm³/mol. The maximum absolute atomic E-state index is 12.2. The molecule has 1 aliphatic rings. The molecule has 1 aromatic carbocycles. The van der Waals surface area contributed by atoms with E-state index in [0.717, 1.165) is 5.69 Å². The van der Waals surface area contributed by atoms with Crippen LogP contribution in [0.4, 0.5) is 5.69 Å². The summed E-state index contributed by atoms with van der Waals surface area (Å²) in [4.78, 5) is 26.1. The van der Waals surface area contributed by atoms with Crippen molar-refractivity contribution in [3.8, 4) is 5.75 Å². The Hall–Kier alpha value is -2.41. The first kappa shape index (κ1) is 17.9. The van der Waals surface area contributed by atoms with Crippen molar-refractivity contribution in [2.45, 2.75) is 13.8 Å². The fourth-order valence-electron chi connectivity index (χ4n) is 2.24. The molecule has 0 atom stereocenters. The van der Waals surface area contributed by atoms with Crippen LogP contribution in [0.2, 0.25) is 0 Å². The Morgan fingerprint density at radius 2 is 1.96 bits per heavy atom. The van der Waals surface area contributed by atoms with Gasteiger partial charge in [0.05, 0.1) is 37.6 Å². The Kier molecular flexibility index (Phi) is 5.92. The van der Waals surface area contributed by atoms with Crippen molar-refractivity contribution >= 4 is 29.4 Å². The summed E-state index contributed by atoms with van der Waals surface area (Å²) in [5.41, 5.74) is 1.39. The van der Waals surface area contributed by atoms with Crippen LogP contribution in [0.25, 0.3) is 0 Å². The molecule has 0 amide bonds. The van der Waals surface area contributed by atoms with E-state index in [-0.39, 0.29) is 6.61 Å². The molecule has 0 fully saturated rings. The van der Waals surface area contributed by atoms with Crippen LogP contribution in [0, 0.1) is 0 Å². The van der Waals surface area contributed by atoms with E-state index in [2.05, 4.69) is 0 Å². The SMILES string of the molecule is CCOC(=O)C1=C(C)N(c2ccccc2OC)/C(=C\C(=O)OC)S1. The lowest BCUT2D eigenvalue weighted by molar-refractivity contribution is -0.137. The average molecular weight is 349 g/mol. The Morgan fingerprint density at radius 1 is 1.25 bits per heavy atom. The number of nitrogens with zero attached hydrogens (tertiary/aromatic N) is 1. The highest BCUT2D eigenvalue weighted by molar-refractivity contribution is 8.08. The lowest BCUT2D eigenvalue weighted by Gasteiger charge is -2.23. The van der Waals surface area contributed by atoms with Crippen LogP contribution in [0.1, 0.15) is 13.8 Å². The molecule has 128 valence electrons. The first-order valence-corrected chi connectivity index (χ1v) is 8.13. The van der Waals surface area contributed by atoms with Gasteiger partial charge in [0.15, 0.2) is 0 Å². The number of benzene rings is 1. The van der Waals surface area contributed by atoms with Crippen molar-refractivity contribution in [3.05, 3.63) is 46.0 Å². The second-order valence-corrected chi connectivity index (χ2v) is 5.78. The predicted octanol–water partition coefficient (Wildman–Crippen LogP) is 3.06. The summed E-state index contributed by atoms with van der Waals surface area (Å²) in [5, 5.41) is 0.548. The van der Waals surface area contributed by atoms with Crippen LogP contribution in [0.3, 0.4) is 0 Å². The molecule has 7 heteroatoms. The second-order valence-electron chi connectivity index (χ2n) is 4.75. The lowest BCUT2D eigenvalue weighted by atomic mass is 10.2. The number of rotatable bonds is 5. The van der Waals surface area contributed by atoms with Gasteiger partial charge in [-0.2, -0.15) is 0 Å². The summed E-state index contributed by atoms with van der Waals surface area (Å²) in [6, 6.07) is 7.36.